The molecule has 0 aliphatic rings. The van der Waals surface area contributed by atoms with Gasteiger partial charge in [0.2, 0.25) is 0 Å². The van der Waals surface area contributed by atoms with Gasteiger partial charge >= 0.3 is 0 Å². The van der Waals surface area contributed by atoms with Gasteiger partial charge in [-0.25, -0.2) is 0 Å². The summed E-state index contributed by atoms with van der Waals surface area (Å²) in [5.41, 5.74) is 2.44. The van der Waals surface area contributed by atoms with Crippen molar-refractivity contribution in [1.29, 1.82) is 0 Å². The molecule has 0 saturated carbocycles. The average Bonchev–Trinajstić information content (AvgIpc) is 2.08. The van der Waals surface area contributed by atoms with Crippen LogP contribution in [0.25, 0.3) is 0 Å². The molecule has 0 unspecified atom stereocenters. The first kappa shape index (κ1) is 8.37. The summed E-state index contributed by atoms with van der Waals surface area (Å²) in [4.78, 5) is 0. The predicted molar refractivity (Wildman–Crippen MR) is 50.1 cm³/mol. The van der Waals surface area contributed by atoms with E-state index >= 15 is 0 Å². The molecule has 0 bridgehead atoms. The Balaban J connectivity index is 3.13. The van der Waals surface area contributed by atoms with Crippen molar-refractivity contribution >= 4 is 13.4 Å². The zero-order valence-corrected chi connectivity index (χ0v) is 7.97. The highest BCUT2D eigenvalue weighted by Gasteiger charge is 2.15. The molecule has 2 nitrogen and oxygen atoms in total. The third kappa shape index (κ3) is 1.64. The molecule has 0 fully saturated rings. The highest BCUT2D eigenvalue weighted by atomic mass is 15.3. The second-order valence-electron chi connectivity index (χ2n) is 4.01. The van der Waals surface area contributed by atoms with Gasteiger partial charge in [-0.1, -0.05) is 0 Å². The van der Waals surface area contributed by atoms with E-state index < -0.39 is 0 Å². The number of rotatable bonds is 0. The van der Waals surface area contributed by atoms with Crippen molar-refractivity contribution in [2.45, 2.75) is 33.2 Å². The lowest BCUT2D eigenvalue weighted by Crippen LogP contribution is -2.25. The largest absolute Gasteiger partial charge is 0.265 e. The van der Waals surface area contributed by atoms with E-state index in [0.29, 0.717) is 0 Å². The topological polar surface area (TPSA) is 17.8 Å². The summed E-state index contributed by atoms with van der Waals surface area (Å²) in [7, 11) is 2.02. The monoisotopic (exact) mass is 150 g/mol. The van der Waals surface area contributed by atoms with E-state index in [1.54, 1.807) is 0 Å². The van der Waals surface area contributed by atoms with Crippen LogP contribution in [0.3, 0.4) is 0 Å². The van der Waals surface area contributed by atoms with Gasteiger partial charge in [-0.3, -0.25) is 4.68 Å². The number of hydrogen-bond donors (Lipinski definition) is 0. The van der Waals surface area contributed by atoms with Gasteiger partial charge in [-0.15, -0.1) is 0 Å². The Hall–Kier alpha value is -0.725. The second kappa shape index (κ2) is 2.40. The standard InChI is InChI=1S/C8H15BN2/c1-6-5-7(9)10-11(6)8(2,3)4/h5H,9H2,1-4H3. The summed E-state index contributed by atoms with van der Waals surface area (Å²) in [5.74, 6) is 0. The van der Waals surface area contributed by atoms with Gasteiger partial charge in [0.1, 0.15) is 0 Å². The fourth-order valence-corrected chi connectivity index (χ4v) is 1.31. The van der Waals surface area contributed by atoms with Crippen LogP contribution in [0, 0.1) is 6.92 Å². The molecule has 1 aromatic heterocycles. The van der Waals surface area contributed by atoms with Gasteiger partial charge in [0.25, 0.3) is 0 Å². The zero-order valence-electron chi connectivity index (χ0n) is 7.97. The van der Waals surface area contributed by atoms with E-state index in [4.69, 9.17) is 0 Å². The van der Waals surface area contributed by atoms with Gasteiger partial charge < -0.3 is 0 Å². The van der Waals surface area contributed by atoms with Crippen molar-refractivity contribution in [3.05, 3.63) is 11.8 Å². The Labute approximate surface area is 69.0 Å². The van der Waals surface area contributed by atoms with Crippen LogP contribution in [-0.4, -0.2) is 17.6 Å². The lowest BCUT2D eigenvalue weighted by atomic mass is 10.1. The summed E-state index contributed by atoms with van der Waals surface area (Å²) >= 11 is 0. The first-order chi connectivity index (χ1) is 4.91. The molecule has 0 spiro atoms. The van der Waals surface area contributed by atoms with Crippen molar-refractivity contribution in [1.82, 2.24) is 9.78 Å². The molecule has 0 saturated heterocycles. The normalized spacial score (nSPS) is 12.0. The minimum atomic E-state index is 0.109. The molecule has 0 aromatic carbocycles. The SMILES string of the molecule is Bc1cc(C)n(C(C)(C)C)n1. The van der Waals surface area contributed by atoms with E-state index in [9.17, 15) is 0 Å². The maximum atomic E-state index is 4.40. The molecule has 0 radical (unpaired) electrons. The molecule has 0 atom stereocenters. The third-order valence-electron chi connectivity index (χ3n) is 1.65. The fourth-order valence-electron chi connectivity index (χ4n) is 1.31. The number of nitrogens with zero attached hydrogens (tertiary/aromatic N) is 2. The van der Waals surface area contributed by atoms with Crippen molar-refractivity contribution < 1.29 is 0 Å². The van der Waals surface area contributed by atoms with E-state index in [1.807, 2.05) is 7.85 Å². The number of hydrogen-bond acceptors (Lipinski definition) is 1. The quantitative estimate of drug-likeness (QED) is 0.483. The molecule has 1 aromatic rings. The Kier molecular flexibility index (Phi) is 1.82. The minimum absolute atomic E-state index is 0.109. The van der Waals surface area contributed by atoms with Crippen molar-refractivity contribution in [2.24, 2.45) is 0 Å². The average molecular weight is 150 g/mol. The van der Waals surface area contributed by atoms with Gasteiger partial charge in [0, 0.05) is 11.3 Å². The Morgan fingerprint density at radius 3 is 2.18 bits per heavy atom. The van der Waals surface area contributed by atoms with Crippen LogP contribution < -0.4 is 5.59 Å². The molecule has 1 heterocycles. The van der Waals surface area contributed by atoms with Crippen LogP contribution in [0.15, 0.2) is 6.07 Å². The first-order valence-corrected chi connectivity index (χ1v) is 3.95. The molecule has 60 valence electrons. The smallest absolute Gasteiger partial charge is 0.166 e. The molecule has 3 heteroatoms. The van der Waals surface area contributed by atoms with Crippen LogP contribution in [-0.2, 0) is 5.54 Å². The van der Waals surface area contributed by atoms with Crippen LogP contribution >= 0.6 is 0 Å². The molecule has 11 heavy (non-hydrogen) atoms. The van der Waals surface area contributed by atoms with E-state index in [1.165, 1.54) is 5.69 Å². The van der Waals surface area contributed by atoms with E-state index in [0.717, 1.165) is 5.59 Å². The summed E-state index contributed by atoms with van der Waals surface area (Å²) in [6, 6.07) is 2.10. The molecule has 0 amide bonds. The third-order valence-corrected chi connectivity index (χ3v) is 1.65. The van der Waals surface area contributed by atoms with Crippen LogP contribution in [0.1, 0.15) is 26.5 Å². The summed E-state index contributed by atoms with van der Waals surface area (Å²) in [6.07, 6.45) is 0. The Bertz CT molecular complexity index is 258. The van der Waals surface area contributed by atoms with E-state index in [2.05, 4.69) is 43.5 Å². The Morgan fingerprint density at radius 2 is 2.00 bits per heavy atom. The maximum absolute atomic E-state index is 4.40. The highest BCUT2D eigenvalue weighted by Crippen LogP contribution is 2.13. The fraction of sp³-hybridized carbons (Fsp3) is 0.625. The predicted octanol–water partition coefficient (Wildman–Crippen LogP) is 0.205. The summed E-state index contributed by atoms with van der Waals surface area (Å²) in [6.45, 7) is 8.57. The van der Waals surface area contributed by atoms with Crippen LogP contribution in [0.2, 0.25) is 0 Å². The maximum Gasteiger partial charge on any atom is 0.166 e. The van der Waals surface area contributed by atoms with Gasteiger partial charge in [-0.05, 0) is 33.8 Å². The highest BCUT2D eigenvalue weighted by molar-refractivity contribution is 6.30. The lowest BCUT2D eigenvalue weighted by Gasteiger charge is -2.21. The number of aromatic nitrogens is 2. The van der Waals surface area contributed by atoms with E-state index in [-0.39, 0.29) is 5.54 Å². The lowest BCUT2D eigenvalue weighted by molar-refractivity contribution is 0.349. The Morgan fingerprint density at radius 1 is 1.45 bits per heavy atom. The van der Waals surface area contributed by atoms with Gasteiger partial charge in [0.15, 0.2) is 7.85 Å². The molecule has 0 N–H and O–H groups in total. The summed E-state index contributed by atoms with van der Waals surface area (Å²) < 4.78 is 2.06. The minimum Gasteiger partial charge on any atom is -0.265 e. The van der Waals surface area contributed by atoms with Crippen LogP contribution in [0.5, 0.6) is 0 Å². The molecular weight excluding hydrogens is 135 g/mol. The van der Waals surface area contributed by atoms with Gasteiger partial charge in [-0.2, -0.15) is 5.10 Å². The molecule has 0 aliphatic heterocycles. The van der Waals surface area contributed by atoms with Crippen LogP contribution in [0.4, 0.5) is 0 Å². The molecule has 1 rings (SSSR count). The second-order valence-corrected chi connectivity index (χ2v) is 4.01. The van der Waals surface area contributed by atoms with Crippen molar-refractivity contribution in [2.75, 3.05) is 0 Å². The van der Waals surface area contributed by atoms with Gasteiger partial charge in [0.05, 0.1) is 5.54 Å². The van der Waals surface area contributed by atoms with Crippen molar-refractivity contribution in [3.8, 4) is 0 Å². The first-order valence-electron chi connectivity index (χ1n) is 3.95. The summed E-state index contributed by atoms with van der Waals surface area (Å²) in [5, 5.41) is 4.40. The zero-order chi connectivity index (χ0) is 8.65. The number of aryl methyl sites for hydroxylation is 1. The van der Waals surface area contributed by atoms with Crippen molar-refractivity contribution in [3.63, 3.8) is 0 Å². The molecule has 0 aliphatic carbocycles. The molecular formula is C8H15BN2.